The van der Waals surface area contributed by atoms with Crippen LogP contribution < -0.4 is 5.32 Å². The van der Waals surface area contributed by atoms with Gasteiger partial charge >= 0.3 is 0 Å². The monoisotopic (exact) mass is 297 g/mol. The van der Waals surface area contributed by atoms with Crippen molar-refractivity contribution in [2.45, 2.75) is 32.6 Å². The van der Waals surface area contributed by atoms with Crippen LogP contribution in [-0.2, 0) is 10.2 Å². The molecule has 0 bridgehead atoms. The first-order valence-electron chi connectivity index (χ1n) is 5.88. The van der Waals surface area contributed by atoms with Crippen molar-refractivity contribution in [1.29, 1.82) is 0 Å². The van der Waals surface area contributed by atoms with Crippen LogP contribution >= 0.6 is 15.9 Å². The van der Waals surface area contributed by atoms with E-state index in [-0.39, 0.29) is 11.2 Å². The van der Waals surface area contributed by atoms with Crippen molar-refractivity contribution in [2.24, 2.45) is 0 Å². The highest BCUT2D eigenvalue weighted by atomic mass is 79.9. The third-order valence-corrected chi connectivity index (χ3v) is 3.38. The van der Waals surface area contributed by atoms with E-state index in [0.717, 1.165) is 17.6 Å². The fraction of sp³-hybridized carbons (Fsp3) is 0.500. The van der Waals surface area contributed by atoms with Crippen molar-refractivity contribution >= 4 is 21.7 Å². The summed E-state index contributed by atoms with van der Waals surface area (Å²) in [5.41, 5.74) is 1.38. The van der Waals surface area contributed by atoms with E-state index in [1.54, 1.807) is 6.92 Å². The Morgan fingerprint density at radius 2 is 1.88 bits per heavy atom. The lowest BCUT2D eigenvalue weighted by Gasteiger charge is -2.25. The van der Waals surface area contributed by atoms with Gasteiger partial charge in [0.25, 0.3) is 0 Å². The number of benzene rings is 1. The number of nitrogens with one attached hydrogen (secondary N) is 1. The molecule has 0 amide bonds. The molecule has 0 radical (unpaired) electrons. The Hall–Kier alpha value is -0.670. The van der Waals surface area contributed by atoms with Gasteiger partial charge in [-0.25, -0.2) is 0 Å². The van der Waals surface area contributed by atoms with Crippen LogP contribution in [-0.4, -0.2) is 18.9 Å². The summed E-state index contributed by atoms with van der Waals surface area (Å²) in [5, 5.41) is 3.34. The van der Waals surface area contributed by atoms with Gasteiger partial charge in [-0.1, -0.05) is 41.9 Å². The van der Waals surface area contributed by atoms with Crippen LogP contribution in [0.15, 0.2) is 28.7 Å². The summed E-state index contributed by atoms with van der Waals surface area (Å²) in [6.07, 6.45) is 0.608. The fourth-order valence-electron chi connectivity index (χ4n) is 1.67. The van der Waals surface area contributed by atoms with E-state index >= 15 is 0 Å². The molecule has 17 heavy (non-hydrogen) atoms. The van der Waals surface area contributed by atoms with Gasteiger partial charge in [-0.15, -0.1) is 0 Å². The first-order chi connectivity index (χ1) is 7.92. The number of carbonyl (C=O) groups is 1. The molecule has 1 aromatic rings. The van der Waals surface area contributed by atoms with Gasteiger partial charge in [0.2, 0.25) is 0 Å². The first-order valence-corrected chi connectivity index (χ1v) is 6.67. The molecule has 0 aliphatic heterocycles. The maximum absolute atomic E-state index is 10.8. The van der Waals surface area contributed by atoms with Crippen molar-refractivity contribution in [3.8, 4) is 0 Å². The number of carbonyl (C=O) groups excluding carboxylic acids is 1. The predicted molar refractivity (Wildman–Crippen MR) is 75.3 cm³/mol. The quantitative estimate of drug-likeness (QED) is 0.817. The fourth-order valence-corrected chi connectivity index (χ4v) is 1.93. The second-order valence-corrected chi connectivity index (χ2v) is 5.94. The van der Waals surface area contributed by atoms with Crippen molar-refractivity contribution in [1.82, 2.24) is 5.32 Å². The lowest BCUT2D eigenvalue weighted by atomic mass is 9.84. The van der Waals surface area contributed by atoms with E-state index in [4.69, 9.17) is 0 Å². The molecule has 1 N–H and O–H groups in total. The minimum absolute atomic E-state index is 0.0808. The largest absolute Gasteiger partial charge is 0.315 e. The summed E-state index contributed by atoms with van der Waals surface area (Å²) < 4.78 is 1.10. The smallest absolute Gasteiger partial charge is 0.131 e. The summed E-state index contributed by atoms with van der Waals surface area (Å²) in [4.78, 5) is 10.8. The maximum Gasteiger partial charge on any atom is 0.131 e. The molecule has 3 heteroatoms. The zero-order valence-electron chi connectivity index (χ0n) is 10.7. The summed E-state index contributed by atoms with van der Waals surface area (Å²) in [5.74, 6) is 0.235. The molecule has 0 heterocycles. The van der Waals surface area contributed by atoms with Gasteiger partial charge < -0.3 is 5.32 Å². The second-order valence-electron chi connectivity index (χ2n) is 5.02. The molecule has 0 aliphatic carbocycles. The highest BCUT2D eigenvalue weighted by Crippen LogP contribution is 2.23. The van der Waals surface area contributed by atoms with E-state index in [1.165, 1.54) is 5.56 Å². The Morgan fingerprint density at radius 3 is 2.41 bits per heavy atom. The molecule has 0 saturated carbocycles. The molecule has 2 nitrogen and oxygen atoms in total. The van der Waals surface area contributed by atoms with Crippen LogP contribution in [0.1, 0.15) is 32.8 Å². The van der Waals surface area contributed by atoms with E-state index in [2.05, 4.69) is 59.4 Å². The first kappa shape index (κ1) is 14.4. The lowest BCUT2D eigenvalue weighted by molar-refractivity contribution is -0.116. The van der Waals surface area contributed by atoms with Crippen molar-refractivity contribution in [3.05, 3.63) is 34.3 Å². The van der Waals surface area contributed by atoms with Crippen LogP contribution in [0, 0.1) is 0 Å². The molecular weight excluding hydrogens is 278 g/mol. The third kappa shape index (κ3) is 5.00. The Balaban J connectivity index is 2.50. The molecule has 0 atom stereocenters. The summed E-state index contributed by atoms with van der Waals surface area (Å²) in [6.45, 7) is 7.67. The number of hydrogen-bond donors (Lipinski definition) is 1. The van der Waals surface area contributed by atoms with E-state index in [1.807, 2.05) is 0 Å². The van der Waals surface area contributed by atoms with Crippen LogP contribution in [0.25, 0.3) is 0 Å². The Bertz CT molecular complexity index is 370. The molecule has 0 aromatic heterocycles. The van der Waals surface area contributed by atoms with Crippen molar-refractivity contribution < 1.29 is 4.79 Å². The average molecular weight is 298 g/mol. The van der Waals surface area contributed by atoms with Crippen LogP contribution in [0.4, 0.5) is 0 Å². The average Bonchev–Trinajstić information content (AvgIpc) is 2.25. The molecular formula is C14H20BrNO. The molecule has 0 fully saturated rings. The number of rotatable bonds is 6. The van der Waals surface area contributed by atoms with Crippen LogP contribution in [0.3, 0.4) is 0 Å². The summed E-state index contributed by atoms with van der Waals surface area (Å²) in [7, 11) is 0. The van der Waals surface area contributed by atoms with Crippen LogP contribution in [0.5, 0.6) is 0 Å². The lowest BCUT2D eigenvalue weighted by Crippen LogP contribution is -2.33. The van der Waals surface area contributed by atoms with Gasteiger partial charge in [0.1, 0.15) is 5.78 Å². The van der Waals surface area contributed by atoms with Gasteiger partial charge in [-0.2, -0.15) is 0 Å². The zero-order valence-corrected chi connectivity index (χ0v) is 12.3. The van der Waals surface area contributed by atoms with Crippen molar-refractivity contribution in [2.75, 3.05) is 13.1 Å². The highest BCUT2D eigenvalue weighted by Gasteiger charge is 2.19. The Morgan fingerprint density at radius 1 is 1.29 bits per heavy atom. The van der Waals surface area contributed by atoms with E-state index in [9.17, 15) is 4.79 Å². The van der Waals surface area contributed by atoms with E-state index in [0.29, 0.717) is 6.42 Å². The summed E-state index contributed by atoms with van der Waals surface area (Å²) >= 11 is 3.44. The maximum atomic E-state index is 10.8. The number of ketones is 1. The van der Waals surface area contributed by atoms with Gasteiger partial charge in [-0.3, -0.25) is 4.79 Å². The topological polar surface area (TPSA) is 29.1 Å². The minimum atomic E-state index is 0.0808. The SMILES string of the molecule is CC(=O)CCNCC(C)(C)c1ccc(Br)cc1. The van der Waals surface area contributed by atoms with Gasteiger partial charge in [0.15, 0.2) is 0 Å². The number of hydrogen-bond acceptors (Lipinski definition) is 2. The Kier molecular flexibility index (Phi) is 5.34. The second kappa shape index (κ2) is 6.31. The minimum Gasteiger partial charge on any atom is -0.315 e. The molecule has 0 spiro atoms. The van der Waals surface area contributed by atoms with Gasteiger partial charge in [0.05, 0.1) is 0 Å². The molecule has 0 unspecified atom stereocenters. The number of Topliss-reactive ketones (excluding diaryl/α,β-unsaturated/α-hetero) is 1. The zero-order chi connectivity index (χ0) is 12.9. The molecule has 1 aromatic carbocycles. The number of halogens is 1. The van der Waals surface area contributed by atoms with Gasteiger partial charge in [0, 0.05) is 29.4 Å². The third-order valence-electron chi connectivity index (χ3n) is 2.85. The standard InChI is InChI=1S/C14H20BrNO/c1-11(17)8-9-16-10-14(2,3)12-4-6-13(15)7-5-12/h4-7,16H,8-10H2,1-3H3. The molecule has 0 saturated heterocycles. The normalized spacial score (nSPS) is 11.5. The van der Waals surface area contributed by atoms with E-state index < -0.39 is 0 Å². The van der Waals surface area contributed by atoms with Gasteiger partial charge in [-0.05, 0) is 24.6 Å². The highest BCUT2D eigenvalue weighted by molar-refractivity contribution is 9.10. The Labute approximate surface area is 112 Å². The van der Waals surface area contributed by atoms with Crippen molar-refractivity contribution in [3.63, 3.8) is 0 Å². The van der Waals surface area contributed by atoms with Crippen LogP contribution in [0.2, 0.25) is 0 Å². The molecule has 1 rings (SSSR count). The summed E-state index contributed by atoms with van der Waals surface area (Å²) in [6, 6.07) is 8.40. The molecule has 0 aliphatic rings. The predicted octanol–water partition coefficient (Wildman–Crippen LogP) is 3.30. The molecule has 94 valence electrons.